The minimum atomic E-state index is -1.58. The van der Waals surface area contributed by atoms with Crippen LogP contribution in [-0.4, -0.2) is 58.1 Å². The van der Waals surface area contributed by atoms with E-state index in [1.807, 2.05) is 26.8 Å². The maximum Gasteiger partial charge on any atom is 0.320 e. The van der Waals surface area contributed by atoms with E-state index in [4.69, 9.17) is 18.9 Å². The molecule has 0 radical (unpaired) electrons. The van der Waals surface area contributed by atoms with Crippen molar-refractivity contribution in [2.24, 2.45) is 33.5 Å². The summed E-state index contributed by atoms with van der Waals surface area (Å²) in [4.78, 5) is 39.2. The maximum atomic E-state index is 14.5. The van der Waals surface area contributed by atoms with Crippen LogP contribution in [0.5, 0.6) is 0 Å². The van der Waals surface area contributed by atoms with Crippen molar-refractivity contribution < 1.29 is 38.4 Å². The molecule has 10 atom stereocenters. The molecule has 2 heterocycles. The van der Waals surface area contributed by atoms with Crippen molar-refractivity contribution in [3.05, 3.63) is 11.6 Å². The van der Waals surface area contributed by atoms with Gasteiger partial charge in [-0.25, -0.2) is 0 Å². The molecule has 234 valence electrons. The molecule has 6 aliphatic rings. The molecule has 8 heteroatoms. The van der Waals surface area contributed by atoms with Crippen molar-refractivity contribution in [3.8, 4) is 0 Å². The summed E-state index contributed by atoms with van der Waals surface area (Å²) in [5.74, 6) is -0.979. The third-order valence-corrected chi connectivity index (χ3v) is 13.4. The fourth-order valence-corrected chi connectivity index (χ4v) is 11.4. The summed E-state index contributed by atoms with van der Waals surface area (Å²) in [6.45, 7) is 17.6. The zero-order valence-corrected chi connectivity index (χ0v) is 26.9. The number of hydrogen-bond donors (Lipinski definition) is 1. The van der Waals surface area contributed by atoms with Gasteiger partial charge in [0.05, 0.1) is 5.60 Å². The first-order valence-electron chi connectivity index (χ1n) is 16.0. The highest BCUT2D eigenvalue weighted by Crippen LogP contribution is 2.77. The fraction of sp³-hybridized carbons (Fsp3) is 0.853. The number of ether oxygens (including phenoxy) is 4. The Hall–Kier alpha value is -1.93. The summed E-state index contributed by atoms with van der Waals surface area (Å²) in [5, 5.41) is 13.0. The minimum Gasteiger partial charge on any atom is -0.462 e. The number of esters is 3. The van der Waals surface area contributed by atoms with Crippen LogP contribution in [-0.2, 0) is 33.3 Å². The lowest BCUT2D eigenvalue weighted by Gasteiger charge is -2.64. The number of hydrogen-bond acceptors (Lipinski definition) is 8. The van der Waals surface area contributed by atoms with E-state index in [0.717, 1.165) is 32.1 Å². The van der Waals surface area contributed by atoms with Gasteiger partial charge in [0.2, 0.25) is 0 Å². The topological polar surface area (TPSA) is 108 Å². The SMILES string of the molecule is CC(=O)O[C@H]1CC[C@]2(C)C3=C[C@@H](OC(C)=O)[C@]45C(=O)O[C@@](C)(C6CCC(C)(C)O6)[C@@]4(O)CC[C@@]5(C)[C@@H]3CC[C@H]2C1(C)C. The molecule has 3 saturated carbocycles. The predicted octanol–water partition coefficient (Wildman–Crippen LogP) is 5.43. The Morgan fingerprint density at radius 1 is 0.881 bits per heavy atom. The van der Waals surface area contributed by atoms with Crippen LogP contribution in [0.4, 0.5) is 0 Å². The molecule has 0 aromatic rings. The van der Waals surface area contributed by atoms with Crippen molar-refractivity contribution in [1.29, 1.82) is 0 Å². The molecule has 1 N–H and O–H groups in total. The van der Waals surface area contributed by atoms with Crippen LogP contribution in [0, 0.1) is 33.5 Å². The Morgan fingerprint density at radius 3 is 2.14 bits per heavy atom. The number of cyclic esters (lactones) is 1. The molecular formula is C34H50O8. The lowest BCUT2D eigenvalue weighted by molar-refractivity contribution is -0.219. The molecule has 1 spiro atoms. The van der Waals surface area contributed by atoms with E-state index < -0.39 is 46.2 Å². The van der Waals surface area contributed by atoms with E-state index in [0.29, 0.717) is 19.3 Å². The molecule has 2 aliphatic heterocycles. The van der Waals surface area contributed by atoms with Gasteiger partial charge in [0, 0.05) is 19.3 Å². The highest BCUT2D eigenvalue weighted by molar-refractivity contribution is 5.87. The average Bonchev–Trinajstić information content (AvgIpc) is 3.42. The van der Waals surface area contributed by atoms with Crippen molar-refractivity contribution in [2.75, 3.05) is 0 Å². The fourth-order valence-electron chi connectivity index (χ4n) is 11.4. The summed E-state index contributed by atoms with van der Waals surface area (Å²) in [6, 6.07) is 0. The van der Waals surface area contributed by atoms with E-state index in [9.17, 15) is 19.5 Å². The van der Waals surface area contributed by atoms with E-state index in [-0.39, 0.29) is 40.3 Å². The monoisotopic (exact) mass is 586 g/mol. The summed E-state index contributed by atoms with van der Waals surface area (Å²) >= 11 is 0. The molecule has 6 rings (SSSR count). The Balaban J connectivity index is 1.49. The third kappa shape index (κ3) is 3.45. The van der Waals surface area contributed by atoms with Crippen LogP contribution in [0.25, 0.3) is 0 Å². The predicted molar refractivity (Wildman–Crippen MR) is 154 cm³/mol. The number of fused-ring (bicyclic) bond motifs is 4. The zero-order valence-electron chi connectivity index (χ0n) is 26.9. The molecule has 2 saturated heterocycles. The van der Waals surface area contributed by atoms with Crippen LogP contribution in [0.3, 0.4) is 0 Å². The lowest BCUT2D eigenvalue weighted by Crippen LogP contribution is -2.70. The van der Waals surface area contributed by atoms with Gasteiger partial charge in [0.1, 0.15) is 29.3 Å². The van der Waals surface area contributed by atoms with Gasteiger partial charge in [-0.05, 0) is 101 Å². The van der Waals surface area contributed by atoms with Crippen molar-refractivity contribution >= 4 is 17.9 Å². The van der Waals surface area contributed by atoms with Gasteiger partial charge in [-0.15, -0.1) is 0 Å². The second-order valence-corrected chi connectivity index (χ2v) is 16.2. The highest BCUT2D eigenvalue weighted by atomic mass is 16.6. The van der Waals surface area contributed by atoms with Crippen LogP contribution in [0.1, 0.15) is 114 Å². The number of carbonyl (C=O) groups is 3. The minimum absolute atomic E-state index is 0.0106. The number of aliphatic hydroxyl groups is 1. The maximum absolute atomic E-state index is 14.5. The summed E-state index contributed by atoms with van der Waals surface area (Å²) in [5.41, 5.74) is -4.65. The smallest absolute Gasteiger partial charge is 0.320 e. The van der Waals surface area contributed by atoms with E-state index in [1.54, 1.807) is 0 Å². The Morgan fingerprint density at radius 2 is 1.55 bits per heavy atom. The van der Waals surface area contributed by atoms with Crippen LogP contribution < -0.4 is 0 Å². The van der Waals surface area contributed by atoms with Gasteiger partial charge < -0.3 is 24.1 Å². The van der Waals surface area contributed by atoms with E-state index in [1.165, 1.54) is 19.4 Å². The molecule has 0 amide bonds. The number of allylic oxidation sites excluding steroid dienone is 1. The van der Waals surface area contributed by atoms with Crippen LogP contribution in [0.2, 0.25) is 0 Å². The van der Waals surface area contributed by atoms with E-state index >= 15 is 0 Å². The first-order chi connectivity index (χ1) is 19.3. The first-order valence-corrected chi connectivity index (χ1v) is 16.0. The van der Waals surface area contributed by atoms with Gasteiger partial charge in [-0.2, -0.15) is 0 Å². The second kappa shape index (κ2) is 8.83. The molecule has 42 heavy (non-hydrogen) atoms. The number of rotatable bonds is 3. The van der Waals surface area contributed by atoms with Crippen LogP contribution in [0.15, 0.2) is 11.6 Å². The van der Waals surface area contributed by atoms with Gasteiger partial charge in [0.15, 0.2) is 5.60 Å². The van der Waals surface area contributed by atoms with Crippen molar-refractivity contribution in [2.45, 2.75) is 149 Å². The molecular weight excluding hydrogens is 536 g/mol. The average molecular weight is 587 g/mol. The molecule has 1 unspecified atom stereocenters. The molecule has 0 bridgehead atoms. The van der Waals surface area contributed by atoms with E-state index in [2.05, 4.69) is 27.7 Å². The first kappa shape index (κ1) is 30.1. The van der Waals surface area contributed by atoms with Crippen molar-refractivity contribution in [1.82, 2.24) is 0 Å². The number of carbonyl (C=O) groups excluding carboxylic acids is 3. The Labute approximate surface area is 250 Å². The molecule has 0 aromatic carbocycles. The Kier molecular flexibility index (Phi) is 6.33. The standard InChI is InChI=1S/C34H50O8/c1-19(35)39-24-13-15-30(7)22-18-26(40-20(2)36)34-27(37)42-32(9,25-12-14-28(3,4)41-25)33(34,38)17-16-31(34,8)21(22)10-11-23(30)29(24,5)6/h18,21,23-26,38H,10-17H2,1-9H3/t21-,23+,24+,25?,26-,30-,31+,32+,33+,34-/m1/s1. The highest BCUT2D eigenvalue weighted by Gasteiger charge is 2.88. The van der Waals surface area contributed by atoms with Gasteiger partial charge >= 0.3 is 17.9 Å². The third-order valence-electron chi connectivity index (χ3n) is 13.4. The van der Waals surface area contributed by atoms with Gasteiger partial charge in [-0.3, -0.25) is 14.4 Å². The largest absolute Gasteiger partial charge is 0.462 e. The molecule has 8 nitrogen and oxygen atoms in total. The van der Waals surface area contributed by atoms with Gasteiger partial charge in [-0.1, -0.05) is 33.3 Å². The normalized spacial score (nSPS) is 50.0. The van der Waals surface area contributed by atoms with Crippen LogP contribution >= 0.6 is 0 Å². The molecule has 0 aromatic heterocycles. The Bertz CT molecular complexity index is 1250. The van der Waals surface area contributed by atoms with Gasteiger partial charge in [0.25, 0.3) is 0 Å². The molecule has 4 aliphatic carbocycles. The quantitative estimate of drug-likeness (QED) is 0.265. The summed E-state index contributed by atoms with van der Waals surface area (Å²) in [7, 11) is 0. The summed E-state index contributed by atoms with van der Waals surface area (Å²) < 4.78 is 24.7. The molecule has 5 fully saturated rings. The summed E-state index contributed by atoms with van der Waals surface area (Å²) in [6.07, 6.45) is 6.20. The van der Waals surface area contributed by atoms with Crippen molar-refractivity contribution in [3.63, 3.8) is 0 Å². The second-order valence-electron chi connectivity index (χ2n) is 16.2. The zero-order chi connectivity index (χ0) is 30.9. The lowest BCUT2D eigenvalue weighted by atomic mass is 9.40.